The van der Waals surface area contributed by atoms with E-state index >= 15 is 0 Å². The molecule has 0 radical (unpaired) electrons. The van der Waals surface area contributed by atoms with Crippen molar-refractivity contribution in [2.45, 2.75) is 95.3 Å². The first-order valence-corrected chi connectivity index (χ1v) is 14.0. The van der Waals surface area contributed by atoms with Crippen molar-refractivity contribution in [2.24, 2.45) is 17.3 Å². The summed E-state index contributed by atoms with van der Waals surface area (Å²) < 4.78 is 11.9. The standard InChI is InChI=1S/C27H43BrN2O6/c1-8-12-30(26(6,7)16-25(3,4)5)23(33)21-27-15-17(28)20(36-27)18(24(34)35-9-2)19(27)22(32)29(21)13-10-11-14-31/h8,17-21,31H,1,9-16H2,2-7H3/t17?,18-,19+,20-,21?,27?/m1/s1. The van der Waals surface area contributed by atoms with Crippen LogP contribution in [0.3, 0.4) is 0 Å². The minimum absolute atomic E-state index is 0.00389. The van der Waals surface area contributed by atoms with Crippen molar-refractivity contribution in [2.75, 3.05) is 26.3 Å². The van der Waals surface area contributed by atoms with Gasteiger partial charge in [0.15, 0.2) is 0 Å². The van der Waals surface area contributed by atoms with Gasteiger partial charge in [0.2, 0.25) is 11.8 Å². The first-order valence-electron chi connectivity index (χ1n) is 13.1. The second-order valence-corrected chi connectivity index (χ2v) is 13.3. The van der Waals surface area contributed by atoms with Crippen molar-refractivity contribution in [3.63, 3.8) is 0 Å². The van der Waals surface area contributed by atoms with Crippen LogP contribution >= 0.6 is 15.9 Å². The van der Waals surface area contributed by atoms with Gasteiger partial charge in [-0.2, -0.15) is 0 Å². The van der Waals surface area contributed by atoms with Gasteiger partial charge in [0.25, 0.3) is 0 Å². The highest BCUT2D eigenvalue weighted by Gasteiger charge is 2.77. The molecule has 2 amide bonds. The number of halogens is 1. The molecule has 0 aliphatic carbocycles. The molecule has 3 aliphatic heterocycles. The molecule has 36 heavy (non-hydrogen) atoms. The molecule has 3 fully saturated rings. The maximum Gasteiger partial charge on any atom is 0.312 e. The Bertz CT molecular complexity index is 871. The molecule has 0 aromatic carbocycles. The van der Waals surface area contributed by atoms with E-state index in [1.54, 1.807) is 17.9 Å². The number of fused-ring (bicyclic) bond motifs is 1. The molecule has 0 aromatic rings. The Hall–Kier alpha value is -1.45. The van der Waals surface area contributed by atoms with E-state index in [9.17, 15) is 19.5 Å². The first-order chi connectivity index (χ1) is 16.8. The number of aliphatic hydroxyl groups excluding tert-OH is 1. The Morgan fingerprint density at radius 2 is 1.97 bits per heavy atom. The van der Waals surface area contributed by atoms with E-state index in [0.717, 1.165) is 6.42 Å². The fourth-order valence-electron chi connectivity index (χ4n) is 6.86. The van der Waals surface area contributed by atoms with Gasteiger partial charge in [0.05, 0.1) is 24.5 Å². The number of ether oxygens (including phenoxy) is 2. The lowest BCUT2D eigenvalue weighted by Crippen LogP contribution is -2.61. The van der Waals surface area contributed by atoms with E-state index in [0.29, 0.717) is 32.4 Å². The lowest BCUT2D eigenvalue weighted by Gasteiger charge is -2.45. The van der Waals surface area contributed by atoms with Crippen LogP contribution in [0.5, 0.6) is 0 Å². The van der Waals surface area contributed by atoms with Crippen molar-refractivity contribution in [1.29, 1.82) is 0 Å². The van der Waals surface area contributed by atoms with Gasteiger partial charge >= 0.3 is 5.97 Å². The number of carbonyl (C=O) groups is 3. The number of aliphatic hydroxyl groups is 1. The number of carbonyl (C=O) groups excluding carboxylic acids is 3. The van der Waals surface area contributed by atoms with Gasteiger partial charge in [0.1, 0.15) is 11.6 Å². The smallest absolute Gasteiger partial charge is 0.312 e. The average Bonchev–Trinajstić information content (AvgIpc) is 3.34. The second kappa shape index (κ2) is 10.7. The maximum atomic E-state index is 14.5. The van der Waals surface area contributed by atoms with Crippen LogP contribution in [0.2, 0.25) is 0 Å². The third-order valence-electron chi connectivity index (χ3n) is 7.66. The largest absolute Gasteiger partial charge is 0.466 e. The van der Waals surface area contributed by atoms with Crippen molar-refractivity contribution in [3.8, 4) is 0 Å². The predicted molar refractivity (Wildman–Crippen MR) is 140 cm³/mol. The molecule has 3 heterocycles. The Labute approximate surface area is 223 Å². The quantitative estimate of drug-likeness (QED) is 0.177. The fourth-order valence-corrected chi connectivity index (χ4v) is 7.80. The normalized spacial score (nSPS) is 31.5. The minimum atomic E-state index is -1.11. The van der Waals surface area contributed by atoms with Gasteiger partial charge in [-0.3, -0.25) is 14.4 Å². The second-order valence-electron chi connectivity index (χ2n) is 12.2. The van der Waals surface area contributed by atoms with Crippen LogP contribution in [0, 0.1) is 17.3 Å². The van der Waals surface area contributed by atoms with Gasteiger partial charge in [-0.05, 0) is 51.9 Å². The van der Waals surface area contributed by atoms with E-state index in [4.69, 9.17) is 9.47 Å². The van der Waals surface area contributed by atoms with Crippen LogP contribution in [0.15, 0.2) is 12.7 Å². The number of alkyl halides is 1. The summed E-state index contributed by atoms with van der Waals surface area (Å²) in [5, 5.41) is 9.35. The number of amides is 2. The fraction of sp³-hybridized carbons (Fsp3) is 0.815. The molecule has 1 spiro atoms. The third kappa shape index (κ3) is 5.12. The lowest BCUT2D eigenvalue weighted by molar-refractivity contribution is -0.155. The number of rotatable bonds is 11. The molecule has 0 saturated carbocycles. The Kier molecular flexibility index (Phi) is 8.68. The summed E-state index contributed by atoms with van der Waals surface area (Å²) in [7, 11) is 0. The van der Waals surface area contributed by atoms with Gasteiger partial charge in [0, 0.05) is 30.1 Å². The molecule has 204 valence electrons. The molecule has 8 nitrogen and oxygen atoms in total. The molecular formula is C27H43BrN2O6. The SMILES string of the molecule is C=CCN(C(=O)C1N(CCCCO)C(=O)[C@@H]2[C@@H](C(=O)OCC)[C@@H]3OC12CC3Br)C(C)(C)CC(C)(C)C. The number of unbranched alkanes of at least 4 members (excludes halogenated alkanes) is 1. The van der Waals surface area contributed by atoms with Crippen LogP contribution in [-0.4, -0.2) is 87.1 Å². The maximum absolute atomic E-state index is 14.5. The highest BCUT2D eigenvalue weighted by atomic mass is 79.9. The Morgan fingerprint density at radius 1 is 1.31 bits per heavy atom. The molecule has 3 unspecified atom stereocenters. The predicted octanol–water partition coefficient (Wildman–Crippen LogP) is 3.30. The number of likely N-dealkylation sites (tertiary alicyclic amines) is 1. The summed E-state index contributed by atoms with van der Waals surface area (Å²) >= 11 is 3.68. The molecule has 6 atom stereocenters. The van der Waals surface area contributed by atoms with Crippen LogP contribution in [0.1, 0.15) is 67.2 Å². The molecular weight excluding hydrogens is 528 g/mol. The minimum Gasteiger partial charge on any atom is -0.466 e. The van der Waals surface area contributed by atoms with E-state index in [-0.39, 0.29) is 35.3 Å². The summed E-state index contributed by atoms with van der Waals surface area (Å²) in [5.74, 6) is -2.41. The summed E-state index contributed by atoms with van der Waals surface area (Å²) in [6, 6.07) is -0.864. The summed E-state index contributed by atoms with van der Waals surface area (Å²) in [5.41, 5.74) is -1.65. The zero-order valence-electron chi connectivity index (χ0n) is 22.6. The number of hydrogen-bond donors (Lipinski definition) is 1. The Morgan fingerprint density at radius 3 is 2.53 bits per heavy atom. The van der Waals surface area contributed by atoms with E-state index < -0.39 is 41.1 Å². The molecule has 1 N–H and O–H groups in total. The number of hydrogen-bond acceptors (Lipinski definition) is 6. The summed E-state index contributed by atoms with van der Waals surface area (Å²) in [4.78, 5) is 44.7. The van der Waals surface area contributed by atoms with Gasteiger partial charge < -0.3 is 24.4 Å². The Balaban J connectivity index is 2.08. The molecule has 9 heteroatoms. The zero-order chi connectivity index (χ0) is 27.1. The molecule has 0 aromatic heterocycles. The molecule has 2 bridgehead atoms. The van der Waals surface area contributed by atoms with Gasteiger partial charge in [-0.1, -0.05) is 42.8 Å². The topological polar surface area (TPSA) is 96.4 Å². The summed E-state index contributed by atoms with van der Waals surface area (Å²) in [6.07, 6.45) is 3.46. The highest BCUT2D eigenvalue weighted by Crippen LogP contribution is 2.60. The van der Waals surface area contributed by atoms with Crippen LogP contribution in [0.25, 0.3) is 0 Å². The van der Waals surface area contributed by atoms with E-state index in [1.807, 2.05) is 18.7 Å². The van der Waals surface area contributed by atoms with Crippen LogP contribution in [0.4, 0.5) is 0 Å². The van der Waals surface area contributed by atoms with Crippen molar-refractivity contribution >= 4 is 33.7 Å². The van der Waals surface area contributed by atoms with Crippen molar-refractivity contribution in [1.82, 2.24) is 9.80 Å². The summed E-state index contributed by atoms with van der Waals surface area (Å²) in [6.45, 7) is 17.0. The van der Waals surface area contributed by atoms with Crippen molar-refractivity contribution in [3.05, 3.63) is 12.7 Å². The molecule has 3 rings (SSSR count). The molecule has 3 saturated heterocycles. The average molecular weight is 572 g/mol. The molecule has 3 aliphatic rings. The van der Waals surface area contributed by atoms with Crippen LogP contribution in [-0.2, 0) is 23.9 Å². The number of nitrogens with zero attached hydrogens (tertiary/aromatic N) is 2. The highest BCUT2D eigenvalue weighted by molar-refractivity contribution is 9.09. The first kappa shape index (κ1) is 29.1. The van der Waals surface area contributed by atoms with Gasteiger partial charge in [-0.15, -0.1) is 6.58 Å². The van der Waals surface area contributed by atoms with Crippen LogP contribution < -0.4 is 0 Å². The van der Waals surface area contributed by atoms with E-state index in [2.05, 4.69) is 43.3 Å². The zero-order valence-corrected chi connectivity index (χ0v) is 24.2. The third-order valence-corrected chi connectivity index (χ3v) is 8.51. The van der Waals surface area contributed by atoms with Gasteiger partial charge in [-0.25, -0.2) is 0 Å². The monoisotopic (exact) mass is 570 g/mol. The lowest BCUT2D eigenvalue weighted by atomic mass is 9.70. The van der Waals surface area contributed by atoms with E-state index in [1.165, 1.54) is 0 Å². The number of esters is 1. The van der Waals surface area contributed by atoms with Crippen molar-refractivity contribution < 1.29 is 29.0 Å².